The maximum absolute atomic E-state index is 12.2. The first-order valence-corrected chi connectivity index (χ1v) is 4.42. The largest absolute Gasteiger partial charge is 0.394 e. The maximum Gasteiger partial charge on any atom is 0.394 e. The van der Waals surface area contributed by atoms with Crippen molar-refractivity contribution >= 4 is 0 Å². The van der Waals surface area contributed by atoms with E-state index in [1.807, 2.05) is 0 Å². The van der Waals surface area contributed by atoms with Crippen molar-refractivity contribution in [2.45, 2.75) is 39.5 Å². The minimum absolute atomic E-state index is 0.588. The van der Waals surface area contributed by atoms with E-state index >= 15 is 0 Å². The van der Waals surface area contributed by atoms with Crippen molar-refractivity contribution in [3.63, 3.8) is 0 Å². The topological polar surface area (TPSA) is 9.23 Å². The summed E-state index contributed by atoms with van der Waals surface area (Å²) in [5, 5.41) is 0. The number of rotatable bonds is 3. The molecular formula is C10H17F3O. The van der Waals surface area contributed by atoms with Crippen LogP contribution in [0.2, 0.25) is 0 Å². The Labute approximate surface area is 82.9 Å². The highest BCUT2D eigenvalue weighted by molar-refractivity contribution is 5.13. The van der Waals surface area contributed by atoms with E-state index in [0.29, 0.717) is 5.57 Å². The van der Waals surface area contributed by atoms with E-state index in [1.165, 1.54) is 13.2 Å². The van der Waals surface area contributed by atoms with Crippen LogP contribution in [0.3, 0.4) is 0 Å². The monoisotopic (exact) mass is 210 g/mol. The lowest BCUT2D eigenvalue weighted by Crippen LogP contribution is -2.26. The Morgan fingerprint density at radius 1 is 1.29 bits per heavy atom. The molecule has 0 fully saturated rings. The Morgan fingerprint density at radius 3 is 2.00 bits per heavy atom. The van der Waals surface area contributed by atoms with Gasteiger partial charge >= 0.3 is 6.18 Å². The fourth-order valence-electron chi connectivity index (χ4n) is 0.831. The first-order chi connectivity index (χ1) is 6.11. The van der Waals surface area contributed by atoms with Gasteiger partial charge in [-0.25, -0.2) is 0 Å². The molecule has 0 spiro atoms. The van der Waals surface area contributed by atoms with Gasteiger partial charge in [0.05, 0.1) is 11.5 Å². The highest BCUT2D eigenvalue weighted by Gasteiger charge is 2.35. The zero-order valence-corrected chi connectivity index (χ0v) is 9.20. The first-order valence-electron chi connectivity index (χ1n) is 4.42. The van der Waals surface area contributed by atoms with Crippen LogP contribution in [-0.4, -0.2) is 18.9 Å². The summed E-state index contributed by atoms with van der Waals surface area (Å²) in [6.45, 7) is 6.25. The van der Waals surface area contributed by atoms with Gasteiger partial charge in [0, 0.05) is 7.11 Å². The van der Waals surface area contributed by atoms with E-state index in [0.717, 1.165) is 6.92 Å². The second-order valence-electron chi connectivity index (χ2n) is 3.89. The van der Waals surface area contributed by atoms with Crippen LogP contribution in [0.25, 0.3) is 0 Å². The quantitative estimate of drug-likeness (QED) is 0.647. The lowest BCUT2D eigenvalue weighted by atomic mass is 9.95. The number of ether oxygens (including phenoxy) is 1. The zero-order chi connectivity index (χ0) is 11.6. The molecule has 0 aromatic heterocycles. The van der Waals surface area contributed by atoms with Crippen LogP contribution in [0.1, 0.15) is 27.7 Å². The SMILES string of the molecule is COC(C)(C)/C(C)=C\C(C)C(F)(F)F. The summed E-state index contributed by atoms with van der Waals surface area (Å²) in [7, 11) is 1.48. The van der Waals surface area contributed by atoms with Gasteiger partial charge in [0.25, 0.3) is 0 Å². The van der Waals surface area contributed by atoms with E-state index in [-0.39, 0.29) is 0 Å². The molecule has 0 heterocycles. The Kier molecular flexibility index (Phi) is 4.18. The first kappa shape index (κ1) is 13.5. The Morgan fingerprint density at radius 2 is 1.71 bits per heavy atom. The molecule has 4 heteroatoms. The molecule has 1 unspecified atom stereocenters. The van der Waals surface area contributed by atoms with Crippen molar-refractivity contribution in [1.29, 1.82) is 0 Å². The minimum Gasteiger partial charge on any atom is -0.374 e. The molecule has 1 nitrogen and oxygen atoms in total. The Bertz CT molecular complexity index is 216. The minimum atomic E-state index is -4.18. The summed E-state index contributed by atoms with van der Waals surface area (Å²) in [6, 6.07) is 0. The number of alkyl halides is 3. The van der Waals surface area contributed by atoms with E-state index in [9.17, 15) is 13.2 Å². The molecule has 0 aliphatic rings. The molecule has 84 valence electrons. The van der Waals surface area contributed by atoms with E-state index in [2.05, 4.69) is 0 Å². The van der Waals surface area contributed by atoms with E-state index in [4.69, 9.17) is 4.74 Å². The lowest BCUT2D eigenvalue weighted by molar-refractivity contribution is -0.156. The average molecular weight is 210 g/mol. The average Bonchev–Trinajstić information content (AvgIpc) is 2.02. The number of methoxy groups -OCH3 is 1. The van der Waals surface area contributed by atoms with Crippen molar-refractivity contribution in [2.75, 3.05) is 7.11 Å². The molecule has 0 N–H and O–H groups in total. The zero-order valence-electron chi connectivity index (χ0n) is 9.20. The van der Waals surface area contributed by atoms with Crippen molar-refractivity contribution in [3.05, 3.63) is 11.6 Å². The smallest absolute Gasteiger partial charge is 0.374 e. The highest BCUT2D eigenvalue weighted by atomic mass is 19.4. The van der Waals surface area contributed by atoms with Crippen LogP contribution >= 0.6 is 0 Å². The van der Waals surface area contributed by atoms with Gasteiger partial charge in [0.2, 0.25) is 0 Å². The summed E-state index contributed by atoms with van der Waals surface area (Å²) < 4.78 is 41.7. The maximum atomic E-state index is 12.2. The molecule has 0 aromatic rings. The van der Waals surface area contributed by atoms with Crippen molar-refractivity contribution in [1.82, 2.24) is 0 Å². The molecule has 0 saturated heterocycles. The van der Waals surface area contributed by atoms with Gasteiger partial charge in [0.15, 0.2) is 0 Å². The number of hydrogen-bond acceptors (Lipinski definition) is 1. The summed E-state index contributed by atoms with van der Waals surface area (Å²) >= 11 is 0. The van der Waals surface area contributed by atoms with Gasteiger partial charge in [0.1, 0.15) is 0 Å². The highest BCUT2D eigenvalue weighted by Crippen LogP contribution is 2.30. The molecular weight excluding hydrogens is 193 g/mol. The molecule has 14 heavy (non-hydrogen) atoms. The van der Waals surface area contributed by atoms with Crippen LogP contribution in [0.15, 0.2) is 11.6 Å². The van der Waals surface area contributed by atoms with Gasteiger partial charge in [-0.05, 0) is 26.3 Å². The number of halogens is 3. The molecule has 0 radical (unpaired) electrons. The lowest BCUT2D eigenvalue weighted by Gasteiger charge is -2.25. The standard InChI is InChI=1S/C10H17F3O/c1-7(9(3,4)14-5)6-8(2)10(11,12)13/h6,8H,1-5H3/b7-6-. The molecule has 0 aliphatic carbocycles. The molecule has 0 aromatic carbocycles. The van der Waals surface area contributed by atoms with Crippen LogP contribution in [0, 0.1) is 5.92 Å². The molecule has 0 rings (SSSR count). The fraction of sp³-hybridized carbons (Fsp3) is 0.800. The van der Waals surface area contributed by atoms with Crippen molar-refractivity contribution in [2.24, 2.45) is 5.92 Å². The fourth-order valence-corrected chi connectivity index (χ4v) is 0.831. The summed E-state index contributed by atoms with van der Waals surface area (Å²) in [6.07, 6.45) is -2.98. The Balaban J connectivity index is 4.69. The van der Waals surface area contributed by atoms with Crippen molar-refractivity contribution in [3.8, 4) is 0 Å². The van der Waals surface area contributed by atoms with Crippen LogP contribution in [0.5, 0.6) is 0 Å². The van der Waals surface area contributed by atoms with Gasteiger partial charge in [-0.15, -0.1) is 0 Å². The summed E-state index contributed by atoms with van der Waals surface area (Å²) in [5.41, 5.74) is -0.0516. The predicted octanol–water partition coefficient (Wildman–Crippen LogP) is 3.56. The summed E-state index contributed by atoms with van der Waals surface area (Å²) in [5.74, 6) is -1.43. The third kappa shape index (κ3) is 3.70. The van der Waals surface area contributed by atoms with Crippen molar-refractivity contribution < 1.29 is 17.9 Å². The van der Waals surface area contributed by atoms with Gasteiger partial charge in [-0.3, -0.25) is 0 Å². The second kappa shape index (κ2) is 4.34. The van der Waals surface area contributed by atoms with Gasteiger partial charge < -0.3 is 4.74 Å². The molecule has 0 bridgehead atoms. The number of allylic oxidation sites excluding steroid dienone is 1. The van der Waals surface area contributed by atoms with E-state index in [1.54, 1.807) is 20.8 Å². The van der Waals surface area contributed by atoms with Gasteiger partial charge in [-0.1, -0.05) is 13.0 Å². The normalized spacial score (nSPS) is 17.0. The molecule has 0 amide bonds. The number of hydrogen-bond donors (Lipinski definition) is 0. The van der Waals surface area contributed by atoms with Gasteiger partial charge in [-0.2, -0.15) is 13.2 Å². The third-order valence-electron chi connectivity index (χ3n) is 2.48. The molecule has 1 atom stereocenters. The van der Waals surface area contributed by atoms with Crippen LogP contribution in [0.4, 0.5) is 13.2 Å². The predicted molar refractivity (Wildman–Crippen MR) is 50.1 cm³/mol. The molecule has 0 saturated carbocycles. The molecule has 0 aliphatic heterocycles. The Hall–Kier alpha value is -0.510. The third-order valence-corrected chi connectivity index (χ3v) is 2.48. The second-order valence-corrected chi connectivity index (χ2v) is 3.89. The van der Waals surface area contributed by atoms with Crippen LogP contribution in [-0.2, 0) is 4.74 Å². The van der Waals surface area contributed by atoms with E-state index < -0.39 is 17.7 Å². The summed E-state index contributed by atoms with van der Waals surface area (Å²) in [4.78, 5) is 0. The van der Waals surface area contributed by atoms with Crippen LogP contribution < -0.4 is 0 Å².